The van der Waals surface area contributed by atoms with Gasteiger partial charge in [0.15, 0.2) is 6.61 Å². The molecule has 0 spiro atoms. The molecular formula is C19H22N2O3. The number of amides is 2. The summed E-state index contributed by atoms with van der Waals surface area (Å²) in [5.41, 5.74) is 0.446. The van der Waals surface area contributed by atoms with Crippen LogP contribution in [0.15, 0.2) is 36.4 Å². The smallest absolute Gasteiger partial charge is 0.258 e. The summed E-state index contributed by atoms with van der Waals surface area (Å²) >= 11 is 0. The minimum Gasteiger partial charge on any atom is -0.483 e. The fourth-order valence-electron chi connectivity index (χ4n) is 2.50. The van der Waals surface area contributed by atoms with Crippen molar-refractivity contribution in [3.8, 4) is 5.75 Å². The van der Waals surface area contributed by atoms with E-state index in [2.05, 4.69) is 10.6 Å². The molecule has 2 aromatic carbocycles. The first-order chi connectivity index (χ1) is 11.5. The number of carbonyl (C=O) groups is 2. The maximum Gasteiger partial charge on any atom is 0.258 e. The van der Waals surface area contributed by atoms with E-state index in [-0.39, 0.29) is 24.5 Å². The molecule has 0 saturated heterocycles. The van der Waals surface area contributed by atoms with Gasteiger partial charge in [-0.3, -0.25) is 9.59 Å². The number of rotatable bonds is 6. The highest BCUT2D eigenvalue weighted by Crippen LogP contribution is 2.26. The zero-order chi connectivity index (χ0) is 17.1. The van der Waals surface area contributed by atoms with Crippen LogP contribution in [0.2, 0.25) is 0 Å². The Morgan fingerprint density at radius 2 is 1.83 bits per heavy atom. The molecule has 1 fully saturated rings. The summed E-state index contributed by atoms with van der Waals surface area (Å²) in [7, 11) is 0. The van der Waals surface area contributed by atoms with Crippen molar-refractivity contribution < 1.29 is 14.3 Å². The van der Waals surface area contributed by atoms with Crippen molar-refractivity contribution in [1.29, 1.82) is 0 Å². The van der Waals surface area contributed by atoms with E-state index in [9.17, 15) is 9.59 Å². The van der Waals surface area contributed by atoms with E-state index in [0.29, 0.717) is 17.4 Å². The molecule has 1 saturated carbocycles. The molecule has 0 bridgehead atoms. The second kappa shape index (κ2) is 6.91. The van der Waals surface area contributed by atoms with E-state index >= 15 is 0 Å². The van der Waals surface area contributed by atoms with E-state index in [1.54, 1.807) is 6.07 Å². The first-order valence-corrected chi connectivity index (χ1v) is 8.29. The number of fused-ring (bicyclic) bond motifs is 1. The van der Waals surface area contributed by atoms with Gasteiger partial charge in [0.2, 0.25) is 0 Å². The Morgan fingerprint density at radius 3 is 2.46 bits per heavy atom. The van der Waals surface area contributed by atoms with Gasteiger partial charge in [-0.15, -0.1) is 0 Å². The zero-order valence-corrected chi connectivity index (χ0v) is 14.0. The highest BCUT2D eigenvalue weighted by Gasteiger charge is 2.23. The lowest BCUT2D eigenvalue weighted by atomic mass is 10.0. The Bertz CT molecular complexity index is 766. The van der Waals surface area contributed by atoms with Crippen molar-refractivity contribution in [3.05, 3.63) is 42.0 Å². The summed E-state index contributed by atoms with van der Waals surface area (Å²) in [5, 5.41) is 7.68. The van der Waals surface area contributed by atoms with Crippen LogP contribution in [0.1, 0.15) is 37.0 Å². The normalized spacial score (nSPS) is 13.8. The van der Waals surface area contributed by atoms with Gasteiger partial charge in [0, 0.05) is 12.1 Å². The molecule has 0 aliphatic heterocycles. The molecule has 0 aromatic heterocycles. The number of ether oxygens (including phenoxy) is 1. The number of carbonyl (C=O) groups excluding carboxylic acids is 2. The molecule has 126 valence electrons. The Kier molecular flexibility index (Phi) is 4.69. The summed E-state index contributed by atoms with van der Waals surface area (Å²) in [6, 6.07) is 11.7. The predicted octanol–water partition coefficient (Wildman–Crippen LogP) is 2.64. The first-order valence-electron chi connectivity index (χ1n) is 8.29. The van der Waals surface area contributed by atoms with Crippen molar-refractivity contribution in [1.82, 2.24) is 10.6 Å². The van der Waals surface area contributed by atoms with Crippen LogP contribution in [-0.4, -0.2) is 30.5 Å². The third-order valence-electron chi connectivity index (χ3n) is 3.81. The molecule has 0 heterocycles. The molecule has 1 aliphatic rings. The molecule has 1 aliphatic carbocycles. The average molecular weight is 326 g/mol. The van der Waals surface area contributed by atoms with Gasteiger partial charge in [0.1, 0.15) is 5.75 Å². The van der Waals surface area contributed by atoms with Gasteiger partial charge < -0.3 is 15.4 Å². The summed E-state index contributed by atoms with van der Waals surface area (Å²) in [6.45, 7) is 3.72. The quantitative estimate of drug-likeness (QED) is 0.857. The monoisotopic (exact) mass is 326 g/mol. The molecule has 2 amide bonds. The lowest BCUT2D eigenvalue weighted by Crippen LogP contribution is -2.32. The van der Waals surface area contributed by atoms with Crippen LogP contribution in [0.3, 0.4) is 0 Å². The SMILES string of the molecule is CC(C)NC(=O)c1cc2ccccc2cc1OCC(=O)NC1CC1. The van der Waals surface area contributed by atoms with Gasteiger partial charge in [0.25, 0.3) is 11.8 Å². The molecule has 3 rings (SSSR count). The first kappa shape index (κ1) is 16.3. The maximum absolute atomic E-state index is 12.5. The second-order valence-corrected chi connectivity index (χ2v) is 6.45. The molecule has 24 heavy (non-hydrogen) atoms. The standard InChI is InChI=1S/C19H22N2O3/c1-12(2)20-19(23)16-9-13-5-3-4-6-14(13)10-17(16)24-11-18(22)21-15-7-8-15/h3-6,9-10,12,15H,7-8,11H2,1-2H3,(H,20,23)(H,21,22). The number of hydrogen-bond donors (Lipinski definition) is 2. The van der Waals surface area contributed by atoms with Crippen LogP contribution < -0.4 is 15.4 Å². The largest absolute Gasteiger partial charge is 0.483 e. The number of nitrogens with one attached hydrogen (secondary N) is 2. The van der Waals surface area contributed by atoms with Crippen LogP contribution in [-0.2, 0) is 4.79 Å². The van der Waals surface area contributed by atoms with Gasteiger partial charge in [-0.05, 0) is 49.6 Å². The van der Waals surface area contributed by atoms with E-state index in [4.69, 9.17) is 4.74 Å². The third-order valence-corrected chi connectivity index (χ3v) is 3.81. The Labute approximate surface area is 141 Å². The van der Waals surface area contributed by atoms with Crippen molar-refractivity contribution in [2.45, 2.75) is 38.8 Å². The van der Waals surface area contributed by atoms with Crippen molar-refractivity contribution in [2.75, 3.05) is 6.61 Å². The molecule has 2 N–H and O–H groups in total. The lowest BCUT2D eigenvalue weighted by molar-refractivity contribution is -0.123. The molecule has 2 aromatic rings. The van der Waals surface area contributed by atoms with Crippen molar-refractivity contribution >= 4 is 22.6 Å². The summed E-state index contributed by atoms with van der Waals surface area (Å²) in [5.74, 6) is 0.0760. The predicted molar refractivity (Wildman–Crippen MR) is 93.2 cm³/mol. The maximum atomic E-state index is 12.5. The van der Waals surface area contributed by atoms with Crippen molar-refractivity contribution in [2.24, 2.45) is 0 Å². The summed E-state index contributed by atoms with van der Waals surface area (Å²) in [4.78, 5) is 24.3. The highest BCUT2D eigenvalue weighted by molar-refractivity contribution is 6.01. The molecule has 5 heteroatoms. The van der Waals surface area contributed by atoms with Crippen LogP contribution >= 0.6 is 0 Å². The Balaban J connectivity index is 1.84. The molecule has 0 unspecified atom stereocenters. The van der Waals surface area contributed by atoms with Crippen LogP contribution in [0.25, 0.3) is 10.8 Å². The Morgan fingerprint density at radius 1 is 1.17 bits per heavy atom. The van der Waals surface area contributed by atoms with Crippen LogP contribution in [0, 0.1) is 0 Å². The summed E-state index contributed by atoms with van der Waals surface area (Å²) in [6.07, 6.45) is 2.06. The van der Waals surface area contributed by atoms with Gasteiger partial charge in [-0.2, -0.15) is 0 Å². The van der Waals surface area contributed by atoms with E-state index in [0.717, 1.165) is 23.6 Å². The minimum absolute atomic E-state index is 0.0231. The van der Waals surface area contributed by atoms with Gasteiger partial charge in [0.05, 0.1) is 5.56 Å². The van der Waals surface area contributed by atoms with E-state index < -0.39 is 0 Å². The van der Waals surface area contributed by atoms with E-state index in [1.807, 2.05) is 44.2 Å². The highest BCUT2D eigenvalue weighted by atomic mass is 16.5. The second-order valence-electron chi connectivity index (χ2n) is 6.45. The van der Waals surface area contributed by atoms with Gasteiger partial charge in [-0.25, -0.2) is 0 Å². The molecule has 0 atom stereocenters. The Hall–Kier alpha value is -2.56. The summed E-state index contributed by atoms with van der Waals surface area (Å²) < 4.78 is 5.67. The molecular weight excluding hydrogens is 304 g/mol. The fourth-order valence-corrected chi connectivity index (χ4v) is 2.50. The lowest BCUT2D eigenvalue weighted by Gasteiger charge is -2.14. The molecule has 5 nitrogen and oxygen atoms in total. The number of hydrogen-bond acceptors (Lipinski definition) is 3. The van der Waals surface area contributed by atoms with E-state index in [1.165, 1.54) is 0 Å². The average Bonchev–Trinajstić information content (AvgIpc) is 3.35. The van der Waals surface area contributed by atoms with Crippen LogP contribution in [0.5, 0.6) is 5.75 Å². The van der Waals surface area contributed by atoms with Crippen molar-refractivity contribution in [3.63, 3.8) is 0 Å². The fraction of sp³-hybridized carbons (Fsp3) is 0.368. The topological polar surface area (TPSA) is 67.4 Å². The van der Waals surface area contributed by atoms with Crippen LogP contribution in [0.4, 0.5) is 0 Å². The van der Waals surface area contributed by atoms with Gasteiger partial charge in [-0.1, -0.05) is 24.3 Å². The minimum atomic E-state index is -0.201. The third kappa shape index (κ3) is 4.04. The van der Waals surface area contributed by atoms with Gasteiger partial charge >= 0.3 is 0 Å². The molecule has 0 radical (unpaired) electrons. The number of benzene rings is 2. The zero-order valence-electron chi connectivity index (χ0n) is 14.0.